The van der Waals surface area contributed by atoms with Crippen LogP contribution in [0.25, 0.3) is 0 Å². The van der Waals surface area contributed by atoms with Crippen LogP contribution in [0.1, 0.15) is 48.5 Å². The smallest absolute Gasteiger partial charge is 0.269 e. The van der Waals surface area contributed by atoms with Gasteiger partial charge in [0.1, 0.15) is 0 Å². The van der Waals surface area contributed by atoms with E-state index >= 15 is 0 Å². The van der Waals surface area contributed by atoms with Crippen molar-refractivity contribution in [3.63, 3.8) is 0 Å². The molecule has 2 rings (SSSR count). The van der Waals surface area contributed by atoms with Crippen LogP contribution < -0.4 is 5.32 Å². The second-order valence-corrected chi connectivity index (χ2v) is 5.69. The van der Waals surface area contributed by atoms with E-state index in [-0.39, 0.29) is 17.6 Å². The Morgan fingerprint density at radius 1 is 1.30 bits per heavy atom. The lowest BCUT2D eigenvalue weighted by Gasteiger charge is -2.27. The summed E-state index contributed by atoms with van der Waals surface area (Å²) in [7, 11) is 0. The zero-order chi connectivity index (χ0) is 14.7. The molecule has 0 radical (unpaired) electrons. The zero-order valence-electron chi connectivity index (χ0n) is 11.9. The van der Waals surface area contributed by atoms with E-state index in [0.29, 0.717) is 11.1 Å². The second kappa shape index (κ2) is 6.03. The van der Waals surface area contributed by atoms with Gasteiger partial charge in [-0.1, -0.05) is 6.92 Å². The Kier molecular flexibility index (Phi) is 4.37. The van der Waals surface area contributed by atoms with Gasteiger partial charge in [-0.15, -0.1) is 0 Å². The molecule has 0 atom stereocenters. The predicted molar refractivity (Wildman–Crippen MR) is 76.7 cm³/mol. The molecule has 1 aromatic carbocycles. The molecule has 5 heteroatoms. The van der Waals surface area contributed by atoms with Gasteiger partial charge in [-0.3, -0.25) is 14.9 Å². The number of hydrogen-bond acceptors (Lipinski definition) is 3. The largest absolute Gasteiger partial charge is 0.349 e. The Balaban J connectivity index is 2.04. The third-order valence-electron chi connectivity index (χ3n) is 4.02. The van der Waals surface area contributed by atoms with Crippen LogP contribution in [-0.4, -0.2) is 16.9 Å². The number of hydrogen-bond donors (Lipinski definition) is 1. The lowest BCUT2D eigenvalue weighted by atomic mass is 9.87. The Hall–Kier alpha value is -1.91. The molecule has 20 heavy (non-hydrogen) atoms. The van der Waals surface area contributed by atoms with Crippen molar-refractivity contribution in [3.8, 4) is 0 Å². The monoisotopic (exact) mass is 276 g/mol. The maximum Gasteiger partial charge on any atom is 0.269 e. The van der Waals surface area contributed by atoms with Crippen molar-refractivity contribution >= 4 is 11.6 Å². The summed E-state index contributed by atoms with van der Waals surface area (Å²) in [4.78, 5) is 22.5. The first kappa shape index (κ1) is 14.5. The molecule has 5 nitrogen and oxygen atoms in total. The highest BCUT2D eigenvalue weighted by Gasteiger charge is 2.21. The van der Waals surface area contributed by atoms with Gasteiger partial charge in [-0.25, -0.2) is 0 Å². The number of non-ortho nitro benzene ring substituents is 1. The number of nitrogens with one attached hydrogen (secondary N) is 1. The predicted octanol–water partition coefficient (Wildman–Crippen LogP) is 3.21. The zero-order valence-corrected chi connectivity index (χ0v) is 11.9. The average molecular weight is 276 g/mol. The van der Waals surface area contributed by atoms with E-state index in [1.54, 1.807) is 6.92 Å². The second-order valence-electron chi connectivity index (χ2n) is 5.69. The van der Waals surface area contributed by atoms with Gasteiger partial charge in [0.05, 0.1) is 4.92 Å². The fourth-order valence-electron chi connectivity index (χ4n) is 2.68. The summed E-state index contributed by atoms with van der Waals surface area (Å²) in [6.07, 6.45) is 4.31. The van der Waals surface area contributed by atoms with E-state index in [9.17, 15) is 14.9 Å². The van der Waals surface area contributed by atoms with E-state index < -0.39 is 4.92 Å². The van der Waals surface area contributed by atoms with Crippen molar-refractivity contribution in [2.24, 2.45) is 5.92 Å². The Morgan fingerprint density at radius 2 is 1.95 bits per heavy atom. The molecule has 1 N–H and O–H groups in total. The van der Waals surface area contributed by atoms with Crippen LogP contribution in [-0.2, 0) is 0 Å². The highest BCUT2D eigenvalue weighted by Crippen LogP contribution is 2.24. The highest BCUT2D eigenvalue weighted by atomic mass is 16.6. The molecule has 1 amide bonds. The minimum atomic E-state index is -0.447. The first-order chi connectivity index (χ1) is 9.47. The standard InChI is InChI=1S/C15H20N2O3/c1-10-3-5-12(6-4-10)16-15(18)14-8-7-13(17(19)20)9-11(14)2/h7-10,12H,3-6H2,1-2H3,(H,16,18). The molecular weight excluding hydrogens is 256 g/mol. The van der Waals surface area contributed by atoms with Crippen molar-refractivity contribution in [2.75, 3.05) is 0 Å². The van der Waals surface area contributed by atoms with Gasteiger partial charge in [-0.2, -0.15) is 0 Å². The minimum absolute atomic E-state index is 0.0190. The maximum atomic E-state index is 12.2. The fraction of sp³-hybridized carbons (Fsp3) is 0.533. The Labute approximate surface area is 118 Å². The Morgan fingerprint density at radius 3 is 2.50 bits per heavy atom. The SMILES string of the molecule is Cc1cc([N+](=O)[O-])ccc1C(=O)NC1CCC(C)CC1. The summed E-state index contributed by atoms with van der Waals surface area (Å²) in [5.74, 6) is 0.612. The molecule has 0 aromatic heterocycles. The van der Waals surface area contributed by atoms with Gasteiger partial charge < -0.3 is 5.32 Å². The number of nitrogens with zero attached hydrogens (tertiary/aromatic N) is 1. The van der Waals surface area contributed by atoms with E-state index in [2.05, 4.69) is 12.2 Å². The van der Waals surface area contributed by atoms with Gasteiger partial charge in [0.15, 0.2) is 0 Å². The Bertz CT molecular complexity index is 520. The number of carbonyl (C=O) groups is 1. The first-order valence-corrected chi connectivity index (χ1v) is 7.03. The maximum absolute atomic E-state index is 12.2. The molecule has 1 aromatic rings. The van der Waals surface area contributed by atoms with Crippen molar-refractivity contribution in [2.45, 2.75) is 45.6 Å². The third kappa shape index (κ3) is 3.35. The van der Waals surface area contributed by atoms with Crippen molar-refractivity contribution in [1.29, 1.82) is 0 Å². The molecule has 0 saturated heterocycles. The highest BCUT2D eigenvalue weighted by molar-refractivity contribution is 5.96. The summed E-state index contributed by atoms with van der Waals surface area (Å²) < 4.78 is 0. The molecule has 1 aliphatic rings. The van der Waals surface area contributed by atoms with Crippen LogP contribution in [0.5, 0.6) is 0 Å². The summed E-state index contributed by atoms with van der Waals surface area (Å²) >= 11 is 0. The molecule has 1 fully saturated rings. The van der Waals surface area contributed by atoms with Crippen molar-refractivity contribution in [1.82, 2.24) is 5.32 Å². The van der Waals surface area contributed by atoms with E-state index in [4.69, 9.17) is 0 Å². The number of benzene rings is 1. The van der Waals surface area contributed by atoms with Crippen LogP contribution in [0.4, 0.5) is 5.69 Å². The average Bonchev–Trinajstić information content (AvgIpc) is 2.41. The number of nitro groups is 1. The van der Waals surface area contributed by atoms with Gasteiger partial charge in [-0.05, 0) is 50.2 Å². The lowest BCUT2D eigenvalue weighted by Crippen LogP contribution is -2.37. The van der Waals surface area contributed by atoms with Crippen LogP contribution in [0.3, 0.4) is 0 Å². The van der Waals surface area contributed by atoms with Crippen LogP contribution in [0.2, 0.25) is 0 Å². The van der Waals surface area contributed by atoms with E-state index in [1.807, 2.05) is 0 Å². The molecule has 0 bridgehead atoms. The van der Waals surface area contributed by atoms with Crippen molar-refractivity contribution < 1.29 is 9.72 Å². The number of nitro benzene ring substituents is 1. The third-order valence-corrected chi connectivity index (χ3v) is 4.02. The summed E-state index contributed by atoms with van der Waals surface area (Å²) in [6, 6.07) is 4.59. The number of carbonyl (C=O) groups excluding carboxylic acids is 1. The first-order valence-electron chi connectivity index (χ1n) is 7.03. The molecule has 108 valence electrons. The van der Waals surface area contributed by atoms with Crippen LogP contribution >= 0.6 is 0 Å². The molecule has 0 heterocycles. The number of aryl methyl sites for hydroxylation is 1. The molecule has 0 unspecified atom stereocenters. The minimum Gasteiger partial charge on any atom is -0.349 e. The molecular formula is C15H20N2O3. The summed E-state index contributed by atoms with van der Waals surface area (Å²) in [5, 5.41) is 13.7. The fourth-order valence-corrected chi connectivity index (χ4v) is 2.68. The summed E-state index contributed by atoms with van der Waals surface area (Å²) in [6.45, 7) is 3.96. The number of rotatable bonds is 3. The molecule has 1 aliphatic carbocycles. The van der Waals surface area contributed by atoms with E-state index in [0.717, 1.165) is 31.6 Å². The van der Waals surface area contributed by atoms with Gasteiger partial charge >= 0.3 is 0 Å². The van der Waals surface area contributed by atoms with Gasteiger partial charge in [0.25, 0.3) is 11.6 Å². The number of amides is 1. The molecule has 0 aliphatic heterocycles. The lowest BCUT2D eigenvalue weighted by molar-refractivity contribution is -0.384. The quantitative estimate of drug-likeness (QED) is 0.680. The van der Waals surface area contributed by atoms with E-state index in [1.165, 1.54) is 18.2 Å². The normalized spacial score (nSPS) is 22.3. The molecule has 1 saturated carbocycles. The summed E-state index contributed by atoms with van der Waals surface area (Å²) in [5.41, 5.74) is 1.18. The van der Waals surface area contributed by atoms with Gasteiger partial charge in [0, 0.05) is 23.7 Å². The van der Waals surface area contributed by atoms with Crippen LogP contribution in [0, 0.1) is 23.0 Å². The topological polar surface area (TPSA) is 72.2 Å². The van der Waals surface area contributed by atoms with Gasteiger partial charge in [0.2, 0.25) is 0 Å². The van der Waals surface area contributed by atoms with Crippen LogP contribution in [0.15, 0.2) is 18.2 Å². The van der Waals surface area contributed by atoms with Crippen molar-refractivity contribution in [3.05, 3.63) is 39.4 Å². The molecule has 0 spiro atoms.